The third-order valence-corrected chi connectivity index (χ3v) is 4.38. The number of hydrogen-bond donors (Lipinski definition) is 2. The molecule has 0 aromatic carbocycles. The van der Waals surface area contributed by atoms with Crippen LogP contribution in [0.3, 0.4) is 0 Å². The lowest BCUT2D eigenvalue weighted by molar-refractivity contribution is 0.211. The molecule has 1 aromatic heterocycles. The van der Waals surface area contributed by atoms with Gasteiger partial charge in [0.1, 0.15) is 0 Å². The van der Waals surface area contributed by atoms with Crippen LogP contribution in [0.5, 0.6) is 0 Å². The number of rotatable bonds is 2. The van der Waals surface area contributed by atoms with Crippen LogP contribution < -0.4 is 5.56 Å². The second-order valence-corrected chi connectivity index (χ2v) is 5.91. The van der Waals surface area contributed by atoms with Crippen LogP contribution in [0.2, 0.25) is 0 Å². The molecule has 2 heterocycles. The minimum Gasteiger partial charge on any atom is -0.334 e. The van der Waals surface area contributed by atoms with Crippen LogP contribution in [0.1, 0.15) is 36.9 Å². The van der Waals surface area contributed by atoms with Crippen molar-refractivity contribution in [1.29, 1.82) is 0 Å². The molecule has 3 rings (SSSR count). The van der Waals surface area contributed by atoms with E-state index in [4.69, 9.17) is 12.2 Å². The summed E-state index contributed by atoms with van der Waals surface area (Å²) in [4.78, 5) is 20.0. The Morgan fingerprint density at radius 3 is 2.83 bits per heavy atom. The fraction of sp³-hybridized carbons (Fsp3) is 0.692. The second kappa shape index (κ2) is 4.97. The Labute approximate surface area is 111 Å². The maximum atomic E-state index is 11.8. The average Bonchev–Trinajstić information content (AvgIpc) is 2.81. The van der Waals surface area contributed by atoms with Gasteiger partial charge < -0.3 is 4.98 Å². The largest absolute Gasteiger partial charge is 0.334 e. The molecule has 0 atom stereocenters. The van der Waals surface area contributed by atoms with Gasteiger partial charge in [0.2, 0.25) is 0 Å². The van der Waals surface area contributed by atoms with Crippen LogP contribution in [0.25, 0.3) is 0 Å². The first-order valence-corrected chi connectivity index (χ1v) is 7.20. The zero-order chi connectivity index (χ0) is 12.5. The van der Waals surface area contributed by atoms with Crippen LogP contribution >= 0.6 is 12.2 Å². The van der Waals surface area contributed by atoms with Crippen LogP contribution in [0.4, 0.5) is 0 Å². The molecule has 1 saturated carbocycles. The van der Waals surface area contributed by atoms with Gasteiger partial charge in [-0.2, -0.15) is 0 Å². The third-order valence-electron chi connectivity index (χ3n) is 4.18. The molecule has 0 unspecified atom stereocenters. The molecular weight excluding hydrogens is 246 g/mol. The van der Waals surface area contributed by atoms with Crippen LogP contribution in [-0.4, -0.2) is 28.0 Å². The Kier molecular flexibility index (Phi) is 3.35. The fourth-order valence-corrected chi connectivity index (χ4v) is 3.46. The monoisotopic (exact) mass is 265 g/mol. The average molecular weight is 265 g/mol. The van der Waals surface area contributed by atoms with E-state index in [-0.39, 0.29) is 5.56 Å². The first-order valence-electron chi connectivity index (χ1n) is 6.79. The summed E-state index contributed by atoms with van der Waals surface area (Å²) < 4.78 is 0.446. The highest BCUT2D eigenvalue weighted by Crippen LogP contribution is 2.26. The van der Waals surface area contributed by atoms with E-state index in [2.05, 4.69) is 14.9 Å². The van der Waals surface area contributed by atoms with Crippen molar-refractivity contribution in [3.8, 4) is 0 Å². The lowest BCUT2D eigenvalue weighted by Crippen LogP contribution is -2.37. The zero-order valence-electron chi connectivity index (χ0n) is 10.5. The number of nitrogens with one attached hydrogen (secondary N) is 2. The number of fused-ring (bicyclic) bond motifs is 1. The molecule has 0 amide bonds. The SMILES string of the molecule is O=c1[nH]c(=S)[nH]c2c1CCN(CC1CCCC1)C2. The van der Waals surface area contributed by atoms with E-state index in [0.29, 0.717) is 4.77 Å². The van der Waals surface area contributed by atoms with Gasteiger partial charge in [-0.1, -0.05) is 12.8 Å². The van der Waals surface area contributed by atoms with Crippen molar-refractivity contribution in [1.82, 2.24) is 14.9 Å². The first-order chi connectivity index (χ1) is 8.72. The summed E-state index contributed by atoms with van der Waals surface area (Å²) in [5.41, 5.74) is 1.91. The van der Waals surface area contributed by atoms with E-state index in [1.807, 2.05) is 0 Å². The summed E-state index contributed by atoms with van der Waals surface area (Å²) in [6.45, 7) is 3.02. The molecule has 5 heteroatoms. The molecule has 2 N–H and O–H groups in total. The predicted octanol–water partition coefficient (Wildman–Crippen LogP) is 1.98. The molecule has 0 spiro atoms. The zero-order valence-corrected chi connectivity index (χ0v) is 11.3. The maximum absolute atomic E-state index is 11.8. The first kappa shape index (κ1) is 12.1. The summed E-state index contributed by atoms with van der Waals surface area (Å²) in [7, 11) is 0. The van der Waals surface area contributed by atoms with Gasteiger partial charge in [-0.05, 0) is 37.4 Å². The van der Waals surface area contributed by atoms with Gasteiger partial charge >= 0.3 is 0 Å². The van der Waals surface area contributed by atoms with Crippen LogP contribution in [0, 0.1) is 10.7 Å². The smallest absolute Gasteiger partial charge is 0.255 e. The summed E-state index contributed by atoms with van der Waals surface area (Å²) in [6, 6.07) is 0. The van der Waals surface area contributed by atoms with E-state index >= 15 is 0 Å². The number of hydrogen-bond acceptors (Lipinski definition) is 3. The molecular formula is C13H19N3OS. The summed E-state index contributed by atoms with van der Waals surface area (Å²) in [5.74, 6) is 0.858. The Hall–Kier alpha value is -0.940. The molecule has 18 heavy (non-hydrogen) atoms. The molecule has 2 aliphatic rings. The van der Waals surface area contributed by atoms with Gasteiger partial charge in [-0.25, -0.2) is 0 Å². The molecule has 1 aliphatic heterocycles. The summed E-state index contributed by atoms with van der Waals surface area (Å²) >= 11 is 5.04. The Morgan fingerprint density at radius 2 is 2.06 bits per heavy atom. The molecule has 98 valence electrons. The standard InChI is InChI=1S/C13H19N3OS/c17-12-10-5-6-16(7-9-3-1-2-4-9)8-11(10)14-13(18)15-12/h9H,1-8H2,(H2,14,15,17,18). The minimum absolute atomic E-state index is 0.00531. The van der Waals surface area contributed by atoms with E-state index < -0.39 is 0 Å². The maximum Gasteiger partial charge on any atom is 0.255 e. The van der Waals surface area contributed by atoms with Gasteiger partial charge in [0.25, 0.3) is 5.56 Å². The molecule has 0 radical (unpaired) electrons. The topological polar surface area (TPSA) is 51.9 Å². The van der Waals surface area contributed by atoms with Crippen molar-refractivity contribution in [3.63, 3.8) is 0 Å². The molecule has 1 fully saturated rings. The van der Waals surface area contributed by atoms with E-state index in [1.165, 1.54) is 32.2 Å². The summed E-state index contributed by atoms with van der Waals surface area (Å²) in [6.07, 6.45) is 6.35. The highest BCUT2D eigenvalue weighted by molar-refractivity contribution is 7.71. The fourth-order valence-electron chi connectivity index (χ4n) is 3.25. The van der Waals surface area contributed by atoms with Crippen molar-refractivity contribution < 1.29 is 0 Å². The Bertz CT molecular complexity index is 542. The van der Waals surface area contributed by atoms with E-state index in [0.717, 1.165) is 36.7 Å². The molecule has 4 nitrogen and oxygen atoms in total. The molecule has 1 aromatic rings. The highest BCUT2D eigenvalue weighted by atomic mass is 32.1. The van der Waals surface area contributed by atoms with E-state index in [9.17, 15) is 4.79 Å². The van der Waals surface area contributed by atoms with Crippen molar-refractivity contribution in [2.45, 2.75) is 38.6 Å². The van der Waals surface area contributed by atoms with Crippen LogP contribution in [0.15, 0.2) is 4.79 Å². The van der Waals surface area contributed by atoms with Gasteiger partial charge in [-0.3, -0.25) is 14.7 Å². The predicted molar refractivity (Wildman–Crippen MR) is 73.2 cm³/mol. The molecule has 1 aliphatic carbocycles. The van der Waals surface area contributed by atoms with Gasteiger partial charge in [0.15, 0.2) is 4.77 Å². The number of aromatic amines is 2. The molecule has 0 bridgehead atoms. The highest BCUT2D eigenvalue weighted by Gasteiger charge is 2.23. The summed E-state index contributed by atoms with van der Waals surface area (Å²) in [5, 5.41) is 0. The minimum atomic E-state index is -0.00531. The number of aromatic nitrogens is 2. The third kappa shape index (κ3) is 2.42. The molecule has 0 saturated heterocycles. The lowest BCUT2D eigenvalue weighted by Gasteiger charge is -2.29. The second-order valence-electron chi connectivity index (χ2n) is 5.50. The Balaban J connectivity index is 1.76. The number of nitrogens with zero attached hydrogens (tertiary/aromatic N) is 1. The van der Waals surface area contributed by atoms with Crippen molar-refractivity contribution in [2.75, 3.05) is 13.1 Å². The quantitative estimate of drug-likeness (QED) is 0.804. The van der Waals surface area contributed by atoms with Crippen molar-refractivity contribution in [2.24, 2.45) is 5.92 Å². The Morgan fingerprint density at radius 1 is 1.28 bits per heavy atom. The normalized spacial score (nSPS) is 21.1. The number of H-pyrrole nitrogens is 2. The van der Waals surface area contributed by atoms with Gasteiger partial charge in [0.05, 0.1) is 0 Å². The van der Waals surface area contributed by atoms with Gasteiger partial charge in [-0.15, -0.1) is 0 Å². The van der Waals surface area contributed by atoms with Crippen molar-refractivity contribution in [3.05, 3.63) is 26.4 Å². The van der Waals surface area contributed by atoms with Crippen LogP contribution in [-0.2, 0) is 13.0 Å². The lowest BCUT2D eigenvalue weighted by atomic mass is 10.0. The van der Waals surface area contributed by atoms with Gasteiger partial charge in [0, 0.05) is 30.9 Å². The van der Waals surface area contributed by atoms with Crippen molar-refractivity contribution >= 4 is 12.2 Å². The van der Waals surface area contributed by atoms with E-state index in [1.54, 1.807) is 0 Å².